The van der Waals surface area contributed by atoms with Crippen LogP contribution >= 0.6 is 11.6 Å². The second kappa shape index (κ2) is 9.72. The number of aryl methyl sites for hydroxylation is 1. The largest absolute Gasteiger partial charge is 0.507 e. The molecule has 1 aliphatic rings. The van der Waals surface area contributed by atoms with Gasteiger partial charge in [0.15, 0.2) is 11.5 Å². The number of phenols is 1. The summed E-state index contributed by atoms with van der Waals surface area (Å²) in [7, 11) is 1.45. The minimum Gasteiger partial charge on any atom is -0.507 e. The second-order valence-corrected chi connectivity index (χ2v) is 8.40. The Morgan fingerprint density at radius 2 is 1.80 bits per heavy atom. The molecule has 3 aromatic carbocycles. The van der Waals surface area contributed by atoms with Gasteiger partial charge in [0.05, 0.1) is 30.9 Å². The van der Waals surface area contributed by atoms with Crippen LogP contribution in [-0.2, 0) is 9.59 Å². The fraction of sp³-hybridized carbons (Fsp3) is 0.185. The fourth-order valence-corrected chi connectivity index (χ4v) is 4.47. The van der Waals surface area contributed by atoms with Crippen LogP contribution in [0.25, 0.3) is 5.76 Å². The van der Waals surface area contributed by atoms with Gasteiger partial charge in [0.25, 0.3) is 11.7 Å². The molecule has 1 aliphatic heterocycles. The Labute approximate surface area is 207 Å². The van der Waals surface area contributed by atoms with E-state index in [0.29, 0.717) is 34.2 Å². The fourth-order valence-electron chi connectivity index (χ4n) is 4.24. The number of rotatable bonds is 6. The van der Waals surface area contributed by atoms with Crippen LogP contribution in [-0.4, -0.2) is 35.6 Å². The summed E-state index contributed by atoms with van der Waals surface area (Å²) < 4.78 is 10.9. The number of Topliss-reactive ketones (excluding diaryl/α,β-unsaturated/α-hetero) is 1. The first-order valence-electron chi connectivity index (χ1n) is 10.9. The Morgan fingerprint density at radius 3 is 2.49 bits per heavy atom. The van der Waals surface area contributed by atoms with Crippen molar-refractivity contribution in [1.82, 2.24) is 0 Å². The average molecular weight is 494 g/mol. The number of ether oxygens (including phenoxy) is 2. The van der Waals surface area contributed by atoms with Crippen LogP contribution in [0, 0.1) is 6.92 Å². The van der Waals surface area contributed by atoms with Crippen molar-refractivity contribution in [2.24, 2.45) is 0 Å². The monoisotopic (exact) mass is 493 g/mol. The smallest absolute Gasteiger partial charge is 0.300 e. The van der Waals surface area contributed by atoms with Gasteiger partial charge in [-0.3, -0.25) is 14.5 Å². The molecule has 3 aromatic rings. The molecule has 0 radical (unpaired) electrons. The Balaban J connectivity index is 2.01. The molecule has 1 heterocycles. The van der Waals surface area contributed by atoms with E-state index in [9.17, 15) is 19.8 Å². The maximum atomic E-state index is 13.4. The van der Waals surface area contributed by atoms with Gasteiger partial charge in [-0.2, -0.15) is 0 Å². The van der Waals surface area contributed by atoms with E-state index < -0.39 is 17.7 Å². The Bertz CT molecular complexity index is 1350. The molecule has 0 spiro atoms. The maximum absolute atomic E-state index is 13.4. The van der Waals surface area contributed by atoms with Crippen molar-refractivity contribution in [3.63, 3.8) is 0 Å². The summed E-state index contributed by atoms with van der Waals surface area (Å²) in [5.41, 5.74) is 1.77. The number of carbonyl (C=O) groups is 2. The topological polar surface area (TPSA) is 96.3 Å². The van der Waals surface area contributed by atoms with Crippen LogP contribution in [0.1, 0.15) is 29.7 Å². The third-order valence-corrected chi connectivity index (χ3v) is 6.06. The molecule has 0 aliphatic carbocycles. The zero-order chi connectivity index (χ0) is 25.3. The summed E-state index contributed by atoms with van der Waals surface area (Å²) in [5.74, 6) is -1.56. The van der Waals surface area contributed by atoms with Crippen molar-refractivity contribution < 1.29 is 29.3 Å². The number of aliphatic hydroxyl groups excluding tert-OH is 1. The van der Waals surface area contributed by atoms with Crippen LogP contribution in [0.4, 0.5) is 5.69 Å². The summed E-state index contributed by atoms with van der Waals surface area (Å²) >= 11 is 6.13. The van der Waals surface area contributed by atoms with Crippen molar-refractivity contribution in [2.45, 2.75) is 19.9 Å². The summed E-state index contributed by atoms with van der Waals surface area (Å²) in [4.78, 5) is 28.1. The van der Waals surface area contributed by atoms with E-state index in [4.69, 9.17) is 21.1 Å². The molecular formula is C27H24ClNO6. The maximum Gasteiger partial charge on any atom is 0.300 e. The van der Waals surface area contributed by atoms with E-state index in [2.05, 4.69) is 0 Å². The normalized spacial score (nSPS) is 17.0. The molecule has 0 aromatic heterocycles. The highest BCUT2D eigenvalue weighted by Crippen LogP contribution is 2.45. The summed E-state index contributed by atoms with van der Waals surface area (Å²) in [6.45, 7) is 3.85. The number of nitrogens with zero attached hydrogens (tertiary/aromatic N) is 1. The van der Waals surface area contributed by atoms with Gasteiger partial charge >= 0.3 is 0 Å². The van der Waals surface area contributed by atoms with Crippen LogP contribution < -0.4 is 14.4 Å². The molecule has 1 amide bonds. The number of aromatic hydroxyl groups is 1. The molecule has 180 valence electrons. The number of phenolic OH excluding ortho intramolecular Hbond substituents is 1. The van der Waals surface area contributed by atoms with Crippen LogP contribution in [0.5, 0.6) is 17.2 Å². The minimum atomic E-state index is -1.00. The number of benzene rings is 3. The predicted octanol–water partition coefficient (Wildman–Crippen LogP) is 5.39. The number of halogens is 1. The molecule has 4 rings (SSSR count). The van der Waals surface area contributed by atoms with Crippen molar-refractivity contribution >= 4 is 34.7 Å². The van der Waals surface area contributed by atoms with E-state index in [0.717, 1.165) is 0 Å². The van der Waals surface area contributed by atoms with Crippen molar-refractivity contribution in [1.29, 1.82) is 0 Å². The highest BCUT2D eigenvalue weighted by atomic mass is 35.5. The van der Waals surface area contributed by atoms with Gasteiger partial charge in [0, 0.05) is 10.7 Å². The number of ketones is 1. The zero-order valence-electron chi connectivity index (χ0n) is 19.4. The second-order valence-electron chi connectivity index (χ2n) is 7.96. The van der Waals surface area contributed by atoms with Gasteiger partial charge < -0.3 is 19.7 Å². The number of aliphatic hydroxyl groups is 1. The number of hydrogen-bond acceptors (Lipinski definition) is 6. The van der Waals surface area contributed by atoms with Gasteiger partial charge in [0.1, 0.15) is 11.5 Å². The standard InChI is InChI=1S/C27H24ClNO6/c1-4-35-22-14-16(9-12-20(22)30)24-23(25(31)18-7-5-6-8-21(18)34-3)26(32)27(33)29(24)19-11-10-17(28)13-15(19)2/h5-14,24,30-31H,4H2,1-3H3/b25-23+. The van der Waals surface area contributed by atoms with E-state index in [1.807, 2.05) is 0 Å². The lowest BCUT2D eigenvalue weighted by Crippen LogP contribution is -2.30. The minimum absolute atomic E-state index is 0.0834. The van der Waals surface area contributed by atoms with E-state index in [1.165, 1.54) is 18.1 Å². The van der Waals surface area contributed by atoms with Gasteiger partial charge in [-0.1, -0.05) is 29.8 Å². The first-order valence-corrected chi connectivity index (χ1v) is 11.3. The number of amides is 1. The highest BCUT2D eigenvalue weighted by molar-refractivity contribution is 6.52. The zero-order valence-corrected chi connectivity index (χ0v) is 20.2. The lowest BCUT2D eigenvalue weighted by atomic mass is 9.94. The van der Waals surface area contributed by atoms with Crippen molar-refractivity contribution in [3.8, 4) is 17.2 Å². The van der Waals surface area contributed by atoms with Gasteiger partial charge in [-0.05, 0) is 67.4 Å². The molecule has 2 N–H and O–H groups in total. The van der Waals surface area contributed by atoms with E-state index in [-0.39, 0.29) is 28.4 Å². The molecule has 35 heavy (non-hydrogen) atoms. The quantitative estimate of drug-likeness (QED) is 0.271. The van der Waals surface area contributed by atoms with E-state index >= 15 is 0 Å². The first-order chi connectivity index (χ1) is 16.8. The predicted molar refractivity (Wildman–Crippen MR) is 133 cm³/mol. The average Bonchev–Trinajstić information content (AvgIpc) is 3.10. The first kappa shape index (κ1) is 24.2. The summed E-state index contributed by atoms with van der Waals surface area (Å²) in [5, 5.41) is 22.1. The van der Waals surface area contributed by atoms with Crippen LogP contribution in [0.3, 0.4) is 0 Å². The lowest BCUT2D eigenvalue weighted by molar-refractivity contribution is -0.132. The number of methoxy groups -OCH3 is 1. The van der Waals surface area contributed by atoms with Crippen molar-refractivity contribution in [2.75, 3.05) is 18.6 Å². The Morgan fingerprint density at radius 1 is 1.06 bits per heavy atom. The molecule has 0 bridgehead atoms. The van der Waals surface area contributed by atoms with Crippen molar-refractivity contribution in [3.05, 3.63) is 87.9 Å². The molecule has 1 fully saturated rings. The Kier molecular flexibility index (Phi) is 6.71. The molecular weight excluding hydrogens is 470 g/mol. The number of hydrogen-bond donors (Lipinski definition) is 2. The molecule has 1 unspecified atom stereocenters. The summed E-state index contributed by atoms with van der Waals surface area (Å²) in [6, 6.07) is 15.2. The molecule has 1 atom stereocenters. The SMILES string of the molecule is CCOc1cc(C2/C(=C(\O)c3ccccc3OC)C(=O)C(=O)N2c2ccc(Cl)cc2C)ccc1O. The molecule has 8 heteroatoms. The summed E-state index contributed by atoms with van der Waals surface area (Å²) in [6.07, 6.45) is 0. The van der Waals surface area contributed by atoms with E-state index in [1.54, 1.807) is 68.4 Å². The van der Waals surface area contributed by atoms with Crippen LogP contribution in [0.15, 0.2) is 66.2 Å². The van der Waals surface area contributed by atoms with Crippen LogP contribution in [0.2, 0.25) is 5.02 Å². The molecule has 0 saturated carbocycles. The Hall–Kier alpha value is -3.97. The molecule has 7 nitrogen and oxygen atoms in total. The van der Waals surface area contributed by atoms with Gasteiger partial charge in [-0.15, -0.1) is 0 Å². The van der Waals surface area contributed by atoms with Gasteiger partial charge in [-0.25, -0.2) is 0 Å². The van der Waals surface area contributed by atoms with Gasteiger partial charge in [0.2, 0.25) is 0 Å². The third-order valence-electron chi connectivity index (χ3n) is 5.82. The number of para-hydroxylation sites is 1. The highest BCUT2D eigenvalue weighted by Gasteiger charge is 2.47. The number of carbonyl (C=O) groups excluding carboxylic acids is 2. The third kappa shape index (κ3) is 4.31. The number of anilines is 1. The lowest BCUT2D eigenvalue weighted by Gasteiger charge is -2.27. The molecule has 1 saturated heterocycles.